The molecule has 0 radical (unpaired) electrons. The SMILES string of the molecule is Cc1nnc(N2C(=O)c3oc4ccccc4c(=O)c3[C@@H]2c2cccc(Br)c2)s1. The molecule has 0 aliphatic carbocycles. The molecule has 0 saturated carbocycles. The van der Waals surface area contributed by atoms with Crippen molar-refractivity contribution in [1.29, 1.82) is 0 Å². The summed E-state index contributed by atoms with van der Waals surface area (Å²) in [5.41, 5.74) is 1.30. The lowest BCUT2D eigenvalue weighted by atomic mass is 9.99. The molecule has 2 aromatic carbocycles. The molecule has 1 aliphatic rings. The number of anilines is 1. The fourth-order valence-corrected chi connectivity index (χ4v) is 4.62. The number of carbonyl (C=O) groups excluding carboxylic acids is 1. The molecule has 0 bridgehead atoms. The van der Waals surface area contributed by atoms with Crippen LogP contribution in [-0.4, -0.2) is 16.1 Å². The van der Waals surface area contributed by atoms with Crippen LogP contribution in [0.1, 0.15) is 32.7 Å². The van der Waals surface area contributed by atoms with Gasteiger partial charge < -0.3 is 4.42 Å². The highest BCUT2D eigenvalue weighted by molar-refractivity contribution is 9.10. The maximum Gasteiger partial charge on any atom is 0.297 e. The number of benzene rings is 2. The lowest BCUT2D eigenvalue weighted by Gasteiger charge is -2.22. The van der Waals surface area contributed by atoms with Gasteiger partial charge in [-0.3, -0.25) is 14.5 Å². The molecule has 0 saturated heterocycles. The summed E-state index contributed by atoms with van der Waals surface area (Å²) < 4.78 is 6.74. The van der Waals surface area contributed by atoms with E-state index in [-0.39, 0.29) is 17.1 Å². The van der Waals surface area contributed by atoms with Crippen LogP contribution in [0.5, 0.6) is 0 Å². The largest absolute Gasteiger partial charge is 0.450 e. The molecule has 0 N–H and O–H groups in total. The van der Waals surface area contributed by atoms with Crippen molar-refractivity contribution < 1.29 is 9.21 Å². The molecule has 1 atom stereocenters. The Labute approximate surface area is 171 Å². The van der Waals surface area contributed by atoms with E-state index in [2.05, 4.69) is 26.1 Å². The van der Waals surface area contributed by atoms with Crippen molar-refractivity contribution in [2.24, 2.45) is 0 Å². The molecule has 5 rings (SSSR count). The van der Waals surface area contributed by atoms with Gasteiger partial charge in [0.1, 0.15) is 10.6 Å². The second-order valence-corrected chi connectivity index (χ2v) is 8.48. The van der Waals surface area contributed by atoms with Crippen LogP contribution in [0.15, 0.2) is 62.2 Å². The second kappa shape index (κ2) is 6.35. The molecular formula is C20H12BrN3O3S. The first-order valence-corrected chi connectivity index (χ1v) is 10.1. The van der Waals surface area contributed by atoms with Crippen LogP contribution >= 0.6 is 27.3 Å². The lowest BCUT2D eigenvalue weighted by Crippen LogP contribution is -2.29. The number of hydrogen-bond donors (Lipinski definition) is 0. The zero-order chi connectivity index (χ0) is 19.4. The minimum atomic E-state index is -0.631. The van der Waals surface area contributed by atoms with Gasteiger partial charge in [-0.15, -0.1) is 10.2 Å². The van der Waals surface area contributed by atoms with Gasteiger partial charge in [0, 0.05) is 4.47 Å². The third-order valence-corrected chi connectivity index (χ3v) is 5.99. The standard InChI is InChI=1S/C20H12BrN3O3S/c1-10-22-23-20(28-10)24-16(11-5-4-6-12(21)9-11)15-17(25)13-7-2-3-8-14(13)27-18(15)19(24)26/h2-9,16H,1H3/t16-/m0/s1. The molecule has 1 aliphatic heterocycles. The van der Waals surface area contributed by atoms with Crippen LogP contribution in [0, 0.1) is 6.92 Å². The maximum absolute atomic E-state index is 13.3. The Morgan fingerprint density at radius 2 is 1.93 bits per heavy atom. The maximum atomic E-state index is 13.3. The highest BCUT2D eigenvalue weighted by Crippen LogP contribution is 2.42. The van der Waals surface area contributed by atoms with Gasteiger partial charge in [0.2, 0.25) is 10.9 Å². The van der Waals surface area contributed by atoms with Gasteiger partial charge in [0.25, 0.3) is 5.91 Å². The van der Waals surface area contributed by atoms with Crippen molar-refractivity contribution in [2.75, 3.05) is 4.90 Å². The Morgan fingerprint density at radius 3 is 2.68 bits per heavy atom. The Bertz CT molecular complexity index is 1310. The Balaban J connectivity index is 1.84. The van der Waals surface area contributed by atoms with E-state index in [1.165, 1.54) is 16.2 Å². The van der Waals surface area contributed by atoms with Gasteiger partial charge in [-0.25, -0.2) is 0 Å². The van der Waals surface area contributed by atoms with Crippen LogP contribution < -0.4 is 10.3 Å². The van der Waals surface area contributed by atoms with E-state index in [0.717, 1.165) is 15.0 Å². The number of amides is 1. The average Bonchev–Trinajstić information content (AvgIpc) is 3.23. The number of para-hydroxylation sites is 1. The van der Waals surface area contributed by atoms with Gasteiger partial charge in [-0.2, -0.15) is 0 Å². The monoisotopic (exact) mass is 453 g/mol. The molecule has 6 nitrogen and oxygen atoms in total. The predicted octanol–water partition coefficient (Wildman–Crippen LogP) is 4.47. The zero-order valence-electron chi connectivity index (χ0n) is 14.5. The smallest absolute Gasteiger partial charge is 0.297 e. The number of carbonyl (C=O) groups is 1. The van der Waals surface area contributed by atoms with E-state index in [9.17, 15) is 9.59 Å². The molecule has 3 heterocycles. The first kappa shape index (κ1) is 17.3. The van der Waals surface area contributed by atoms with Crippen molar-refractivity contribution >= 4 is 49.3 Å². The fraction of sp³-hybridized carbons (Fsp3) is 0.100. The Morgan fingerprint density at radius 1 is 1.11 bits per heavy atom. The summed E-state index contributed by atoms with van der Waals surface area (Å²) >= 11 is 4.77. The number of aryl methyl sites for hydroxylation is 1. The summed E-state index contributed by atoms with van der Waals surface area (Å²) in [6.45, 7) is 1.82. The number of aromatic nitrogens is 2. The van der Waals surface area contributed by atoms with Crippen LogP contribution in [-0.2, 0) is 0 Å². The van der Waals surface area contributed by atoms with Crippen LogP contribution in [0.25, 0.3) is 11.0 Å². The summed E-state index contributed by atoms with van der Waals surface area (Å²) in [5, 5.41) is 9.80. The summed E-state index contributed by atoms with van der Waals surface area (Å²) in [4.78, 5) is 28.1. The lowest BCUT2D eigenvalue weighted by molar-refractivity contribution is 0.0970. The number of nitrogens with zero attached hydrogens (tertiary/aromatic N) is 3. The van der Waals surface area contributed by atoms with Gasteiger partial charge >= 0.3 is 0 Å². The van der Waals surface area contributed by atoms with E-state index in [0.29, 0.717) is 21.7 Å². The molecule has 0 fully saturated rings. The zero-order valence-corrected chi connectivity index (χ0v) is 17.0. The Hall–Kier alpha value is -2.84. The highest BCUT2D eigenvalue weighted by Gasteiger charge is 2.45. The normalized spacial score (nSPS) is 16.0. The van der Waals surface area contributed by atoms with Crippen LogP contribution in [0.2, 0.25) is 0 Å². The number of halogens is 1. The second-order valence-electron chi connectivity index (χ2n) is 6.41. The van der Waals surface area contributed by atoms with Gasteiger partial charge in [0.15, 0.2) is 5.43 Å². The summed E-state index contributed by atoms with van der Waals surface area (Å²) in [6.07, 6.45) is 0. The number of hydrogen-bond acceptors (Lipinski definition) is 6. The van der Waals surface area contributed by atoms with Crippen molar-refractivity contribution in [3.63, 3.8) is 0 Å². The third-order valence-electron chi connectivity index (χ3n) is 4.66. The predicted molar refractivity (Wildman–Crippen MR) is 110 cm³/mol. The van der Waals surface area contributed by atoms with Crippen LogP contribution in [0.3, 0.4) is 0 Å². The number of rotatable bonds is 2. The summed E-state index contributed by atoms with van der Waals surface area (Å²) in [7, 11) is 0. The topological polar surface area (TPSA) is 76.3 Å². The van der Waals surface area contributed by atoms with Gasteiger partial charge in [-0.1, -0.05) is 51.5 Å². The first-order chi connectivity index (χ1) is 13.5. The molecule has 0 spiro atoms. The van der Waals surface area contributed by atoms with E-state index >= 15 is 0 Å². The molecule has 8 heteroatoms. The molecule has 138 valence electrons. The molecule has 28 heavy (non-hydrogen) atoms. The van der Waals surface area contributed by atoms with E-state index < -0.39 is 6.04 Å². The van der Waals surface area contributed by atoms with Gasteiger partial charge in [0.05, 0.1) is 17.0 Å². The van der Waals surface area contributed by atoms with Crippen molar-refractivity contribution in [2.45, 2.75) is 13.0 Å². The average molecular weight is 454 g/mol. The minimum absolute atomic E-state index is 0.0570. The van der Waals surface area contributed by atoms with Crippen molar-refractivity contribution in [3.8, 4) is 0 Å². The summed E-state index contributed by atoms with van der Waals surface area (Å²) in [5.74, 6) is -0.333. The van der Waals surface area contributed by atoms with Gasteiger partial charge in [-0.05, 0) is 36.8 Å². The molecule has 2 aromatic heterocycles. The molecule has 4 aromatic rings. The van der Waals surface area contributed by atoms with Crippen molar-refractivity contribution in [3.05, 3.63) is 85.1 Å². The molecule has 0 unspecified atom stereocenters. The molecule has 1 amide bonds. The Kier molecular flexibility index (Phi) is 3.92. The van der Waals surface area contributed by atoms with E-state index in [1.54, 1.807) is 24.3 Å². The quantitative estimate of drug-likeness (QED) is 0.447. The van der Waals surface area contributed by atoms with E-state index in [4.69, 9.17) is 4.42 Å². The van der Waals surface area contributed by atoms with E-state index in [1.807, 2.05) is 31.2 Å². The third kappa shape index (κ3) is 2.52. The first-order valence-electron chi connectivity index (χ1n) is 8.49. The highest BCUT2D eigenvalue weighted by atomic mass is 79.9. The minimum Gasteiger partial charge on any atom is -0.450 e. The molecular weight excluding hydrogens is 442 g/mol. The van der Waals surface area contributed by atoms with Crippen LogP contribution in [0.4, 0.5) is 5.13 Å². The summed E-state index contributed by atoms with van der Waals surface area (Å²) in [6, 6.07) is 13.9. The number of fused-ring (bicyclic) bond motifs is 2. The fourth-order valence-electron chi connectivity index (χ4n) is 3.49. The van der Waals surface area contributed by atoms with Crippen molar-refractivity contribution in [1.82, 2.24) is 10.2 Å².